The van der Waals surface area contributed by atoms with Gasteiger partial charge in [0.15, 0.2) is 0 Å². The third-order valence-electron chi connectivity index (χ3n) is 3.10. The number of hydrogen-bond acceptors (Lipinski definition) is 1. The Labute approximate surface area is 120 Å². The van der Waals surface area contributed by atoms with Gasteiger partial charge in [0.25, 0.3) is 0 Å². The van der Waals surface area contributed by atoms with E-state index < -0.39 is 17.6 Å². The second kappa shape index (κ2) is 6.26. The molecule has 21 heavy (non-hydrogen) atoms. The van der Waals surface area contributed by atoms with Gasteiger partial charge in [0.2, 0.25) is 0 Å². The highest BCUT2D eigenvalue weighted by Gasteiger charge is 2.33. The molecule has 0 saturated heterocycles. The van der Waals surface area contributed by atoms with Crippen molar-refractivity contribution in [3.63, 3.8) is 0 Å². The highest BCUT2D eigenvalue weighted by atomic mass is 19.4. The average molecular weight is 297 g/mol. The summed E-state index contributed by atoms with van der Waals surface area (Å²) in [5, 5.41) is 2.95. The van der Waals surface area contributed by atoms with Crippen LogP contribution in [-0.4, -0.2) is 0 Å². The molecule has 0 aliphatic rings. The molecule has 2 rings (SSSR count). The first-order valence-electron chi connectivity index (χ1n) is 6.48. The van der Waals surface area contributed by atoms with Crippen LogP contribution in [0.5, 0.6) is 0 Å². The largest absolute Gasteiger partial charge is 0.416 e. The lowest BCUT2D eigenvalue weighted by Crippen LogP contribution is -2.17. The van der Waals surface area contributed by atoms with Gasteiger partial charge in [-0.2, -0.15) is 13.2 Å². The van der Waals surface area contributed by atoms with Gasteiger partial charge in [-0.3, -0.25) is 0 Å². The Hall–Kier alpha value is -1.88. The number of hydrogen-bond donors (Lipinski definition) is 1. The summed E-state index contributed by atoms with van der Waals surface area (Å²) in [5.41, 5.74) is 1.19. The second-order valence-electron chi connectivity index (χ2n) is 4.89. The topological polar surface area (TPSA) is 12.0 Å². The summed E-state index contributed by atoms with van der Waals surface area (Å²) in [6.07, 6.45) is -4.55. The SMILES string of the molecule is Cc1cccc(CNCc2ccc(F)cc2C(F)(F)F)c1. The normalized spacial score (nSPS) is 11.7. The van der Waals surface area contributed by atoms with E-state index in [-0.39, 0.29) is 12.1 Å². The Morgan fingerprint density at radius 3 is 2.43 bits per heavy atom. The predicted molar refractivity (Wildman–Crippen MR) is 73.1 cm³/mol. The molecule has 2 aromatic carbocycles. The van der Waals surface area contributed by atoms with Gasteiger partial charge < -0.3 is 5.32 Å². The van der Waals surface area contributed by atoms with Gasteiger partial charge in [-0.15, -0.1) is 0 Å². The summed E-state index contributed by atoms with van der Waals surface area (Å²) >= 11 is 0. The highest BCUT2D eigenvalue weighted by Crippen LogP contribution is 2.32. The summed E-state index contributed by atoms with van der Waals surface area (Å²) in [7, 11) is 0. The molecule has 0 radical (unpaired) electrons. The molecule has 1 N–H and O–H groups in total. The summed E-state index contributed by atoms with van der Waals surface area (Å²) in [6.45, 7) is 2.44. The molecule has 112 valence electrons. The van der Waals surface area contributed by atoms with Gasteiger partial charge in [-0.25, -0.2) is 4.39 Å². The van der Waals surface area contributed by atoms with Crippen LogP contribution in [-0.2, 0) is 19.3 Å². The van der Waals surface area contributed by atoms with E-state index in [1.807, 2.05) is 31.2 Å². The lowest BCUT2D eigenvalue weighted by atomic mass is 10.1. The Balaban J connectivity index is 2.07. The molecule has 0 aliphatic carbocycles. The number of nitrogens with one attached hydrogen (secondary N) is 1. The van der Waals surface area contributed by atoms with Gasteiger partial charge in [0.05, 0.1) is 5.56 Å². The molecule has 0 aliphatic heterocycles. The highest BCUT2D eigenvalue weighted by molar-refractivity contribution is 5.30. The van der Waals surface area contributed by atoms with Crippen molar-refractivity contribution in [2.24, 2.45) is 0 Å². The van der Waals surface area contributed by atoms with E-state index in [9.17, 15) is 17.6 Å². The molecule has 0 heterocycles. The van der Waals surface area contributed by atoms with E-state index in [1.165, 1.54) is 6.07 Å². The van der Waals surface area contributed by atoms with Crippen LogP contribution >= 0.6 is 0 Å². The van der Waals surface area contributed by atoms with Crippen molar-refractivity contribution in [2.75, 3.05) is 0 Å². The summed E-state index contributed by atoms with van der Waals surface area (Å²) in [4.78, 5) is 0. The van der Waals surface area contributed by atoms with Crippen molar-refractivity contribution in [1.29, 1.82) is 0 Å². The fourth-order valence-corrected chi connectivity index (χ4v) is 2.13. The maximum absolute atomic E-state index is 13.0. The third kappa shape index (κ3) is 4.29. The average Bonchev–Trinajstić information content (AvgIpc) is 2.39. The first kappa shape index (κ1) is 15.5. The fourth-order valence-electron chi connectivity index (χ4n) is 2.13. The van der Waals surface area contributed by atoms with Crippen LogP contribution in [0.3, 0.4) is 0 Å². The molecule has 0 bridgehead atoms. The van der Waals surface area contributed by atoms with Crippen LogP contribution in [0, 0.1) is 12.7 Å². The first-order valence-corrected chi connectivity index (χ1v) is 6.48. The summed E-state index contributed by atoms with van der Waals surface area (Å²) in [5.74, 6) is -0.884. The zero-order valence-corrected chi connectivity index (χ0v) is 11.5. The maximum atomic E-state index is 13.0. The third-order valence-corrected chi connectivity index (χ3v) is 3.10. The number of rotatable bonds is 4. The molecule has 0 aromatic heterocycles. The van der Waals surface area contributed by atoms with E-state index >= 15 is 0 Å². The van der Waals surface area contributed by atoms with Crippen molar-refractivity contribution in [3.8, 4) is 0 Å². The zero-order valence-electron chi connectivity index (χ0n) is 11.5. The van der Waals surface area contributed by atoms with Gasteiger partial charge in [-0.05, 0) is 30.2 Å². The molecule has 1 nitrogen and oxygen atoms in total. The smallest absolute Gasteiger partial charge is 0.309 e. The second-order valence-corrected chi connectivity index (χ2v) is 4.89. The minimum Gasteiger partial charge on any atom is -0.309 e. The van der Waals surface area contributed by atoms with Crippen molar-refractivity contribution in [1.82, 2.24) is 5.32 Å². The number of alkyl halides is 3. The number of halogens is 4. The lowest BCUT2D eigenvalue weighted by molar-refractivity contribution is -0.138. The Kier molecular flexibility index (Phi) is 4.63. The van der Waals surface area contributed by atoms with Crippen LogP contribution in [0.2, 0.25) is 0 Å². The fraction of sp³-hybridized carbons (Fsp3) is 0.250. The molecular weight excluding hydrogens is 282 g/mol. The van der Waals surface area contributed by atoms with Crippen LogP contribution in [0.1, 0.15) is 22.3 Å². The summed E-state index contributed by atoms with van der Waals surface area (Å²) < 4.78 is 51.5. The maximum Gasteiger partial charge on any atom is 0.416 e. The molecule has 5 heteroatoms. The van der Waals surface area contributed by atoms with Crippen molar-refractivity contribution in [3.05, 3.63) is 70.5 Å². The Morgan fingerprint density at radius 1 is 1.00 bits per heavy atom. The predicted octanol–water partition coefficient (Wildman–Crippen LogP) is 4.44. The minimum atomic E-state index is -4.55. The van der Waals surface area contributed by atoms with E-state index in [4.69, 9.17) is 0 Å². The Bertz CT molecular complexity index is 620. The molecule has 0 amide bonds. The van der Waals surface area contributed by atoms with E-state index in [0.29, 0.717) is 12.6 Å². The van der Waals surface area contributed by atoms with Gasteiger partial charge >= 0.3 is 6.18 Å². The molecular formula is C16H15F4N. The minimum absolute atomic E-state index is 0.0308. The van der Waals surface area contributed by atoms with E-state index in [0.717, 1.165) is 17.2 Å². The van der Waals surface area contributed by atoms with Crippen LogP contribution < -0.4 is 5.32 Å². The molecule has 0 atom stereocenters. The Morgan fingerprint density at radius 2 is 1.76 bits per heavy atom. The van der Waals surface area contributed by atoms with Crippen molar-refractivity contribution < 1.29 is 17.6 Å². The molecule has 0 saturated carbocycles. The van der Waals surface area contributed by atoms with Crippen molar-refractivity contribution in [2.45, 2.75) is 26.2 Å². The molecule has 0 spiro atoms. The number of aryl methyl sites for hydroxylation is 1. The first-order chi connectivity index (χ1) is 9.86. The van der Waals surface area contributed by atoms with Gasteiger partial charge in [-0.1, -0.05) is 35.9 Å². The number of benzene rings is 2. The summed E-state index contributed by atoms with van der Waals surface area (Å²) in [6, 6.07) is 10.4. The van der Waals surface area contributed by atoms with Gasteiger partial charge in [0.1, 0.15) is 5.82 Å². The molecule has 0 fully saturated rings. The lowest BCUT2D eigenvalue weighted by Gasteiger charge is -2.13. The standard InChI is InChI=1S/C16H15F4N/c1-11-3-2-4-12(7-11)9-21-10-13-5-6-14(17)8-15(13)16(18,19)20/h2-8,21H,9-10H2,1H3. The van der Waals surface area contributed by atoms with Crippen LogP contribution in [0.15, 0.2) is 42.5 Å². The van der Waals surface area contributed by atoms with E-state index in [1.54, 1.807) is 0 Å². The van der Waals surface area contributed by atoms with Crippen LogP contribution in [0.4, 0.5) is 17.6 Å². The monoisotopic (exact) mass is 297 g/mol. The van der Waals surface area contributed by atoms with E-state index in [2.05, 4.69) is 5.32 Å². The van der Waals surface area contributed by atoms with Crippen molar-refractivity contribution >= 4 is 0 Å². The van der Waals surface area contributed by atoms with Crippen LogP contribution in [0.25, 0.3) is 0 Å². The van der Waals surface area contributed by atoms with Gasteiger partial charge in [0, 0.05) is 13.1 Å². The zero-order chi connectivity index (χ0) is 15.5. The molecule has 0 unspecified atom stereocenters. The molecule has 2 aromatic rings. The quantitative estimate of drug-likeness (QED) is 0.823.